The molecule has 8 nitrogen and oxygen atoms in total. The van der Waals surface area contributed by atoms with E-state index in [1.165, 1.54) is 46.8 Å². The number of piperidine rings is 1. The van der Waals surface area contributed by atoms with Crippen LogP contribution in [0.3, 0.4) is 0 Å². The van der Waals surface area contributed by atoms with Crippen molar-refractivity contribution in [2.45, 2.75) is 29.1 Å². The average molecular weight is 487 g/mol. The van der Waals surface area contributed by atoms with Crippen LogP contribution >= 0.6 is 11.6 Å². The number of nitrogens with zero attached hydrogens (tertiary/aromatic N) is 1. The SMILES string of the molecule is CS(=O)(=O)c1ccc(OCC(=O)Nc2ccc(Cl)c(S(=O)(=O)N3CCCCC3)c2)cc1. The van der Waals surface area contributed by atoms with Gasteiger partial charge < -0.3 is 10.1 Å². The van der Waals surface area contributed by atoms with Crippen molar-refractivity contribution in [1.29, 1.82) is 0 Å². The molecule has 0 unspecified atom stereocenters. The lowest BCUT2D eigenvalue weighted by Gasteiger charge is -2.26. The van der Waals surface area contributed by atoms with Crippen molar-refractivity contribution in [1.82, 2.24) is 4.31 Å². The Labute approximate surface area is 187 Å². The summed E-state index contributed by atoms with van der Waals surface area (Å²) in [5.41, 5.74) is 0.279. The fraction of sp³-hybridized carbons (Fsp3) is 0.350. The van der Waals surface area contributed by atoms with Gasteiger partial charge in [-0.15, -0.1) is 0 Å². The number of halogens is 1. The zero-order valence-corrected chi connectivity index (χ0v) is 19.3. The number of ether oxygens (including phenoxy) is 1. The summed E-state index contributed by atoms with van der Waals surface area (Å²) in [7, 11) is -7.07. The van der Waals surface area contributed by atoms with Crippen LogP contribution in [0.2, 0.25) is 5.02 Å². The molecular weight excluding hydrogens is 464 g/mol. The quantitative estimate of drug-likeness (QED) is 0.644. The van der Waals surface area contributed by atoms with E-state index in [4.69, 9.17) is 16.3 Å². The largest absolute Gasteiger partial charge is 0.484 e. The van der Waals surface area contributed by atoms with E-state index in [9.17, 15) is 21.6 Å². The predicted octanol–water partition coefficient (Wildman–Crippen LogP) is 2.94. The van der Waals surface area contributed by atoms with E-state index in [0.717, 1.165) is 25.5 Å². The second-order valence-corrected chi connectivity index (χ2v) is 11.5. The lowest BCUT2D eigenvalue weighted by molar-refractivity contribution is -0.118. The number of amides is 1. The maximum atomic E-state index is 12.9. The summed E-state index contributed by atoms with van der Waals surface area (Å²) in [6, 6.07) is 9.96. The molecule has 31 heavy (non-hydrogen) atoms. The fourth-order valence-electron chi connectivity index (χ4n) is 3.15. The summed E-state index contributed by atoms with van der Waals surface area (Å²) < 4.78 is 55.6. The van der Waals surface area contributed by atoms with Crippen molar-refractivity contribution >= 4 is 43.1 Å². The molecule has 0 radical (unpaired) electrons. The Hall–Kier alpha value is -2.14. The molecule has 1 N–H and O–H groups in total. The molecule has 1 saturated heterocycles. The highest BCUT2D eigenvalue weighted by Crippen LogP contribution is 2.29. The van der Waals surface area contributed by atoms with Gasteiger partial charge in [-0.3, -0.25) is 4.79 Å². The number of rotatable bonds is 7. The maximum absolute atomic E-state index is 12.9. The monoisotopic (exact) mass is 486 g/mol. The molecule has 1 heterocycles. The number of anilines is 1. The van der Waals surface area contributed by atoms with Crippen LogP contribution in [-0.4, -0.2) is 53.0 Å². The van der Waals surface area contributed by atoms with E-state index in [1.54, 1.807) is 0 Å². The molecule has 1 aliphatic heterocycles. The van der Waals surface area contributed by atoms with Crippen LogP contribution in [-0.2, 0) is 24.7 Å². The summed E-state index contributed by atoms with van der Waals surface area (Å²) in [6.45, 7) is 0.553. The molecule has 1 aliphatic rings. The third-order valence-electron chi connectivity index (χ3n) is 4.77. The first-order valence-electron chi connectivity index (χ1n) is 9.60. The second-order valence-electron chi connectivity index (χ2n) is 7.19. The van der Waals surface area contributed by atoms with Gasteiger partial charge in [0.2, 0.25) is 10.0 Å². The van der Waals surface area contributed by atoms with Crippen molar-refractivity contribution in [2.24, 2.45) is 0 Å². The van der Waals surface area contributed by atoms with Crippen LogP contribution in [0.15, 0.2) is 52.3 Å². The van der Waals surface area contributed by atoms with E-state index < -0.39 is 25.8 Å². The minimum absolute atomic E-state index is 0.0499. The molecular formula is C20H23ClN2O6S2. The van der Waals surface area contributed by atoms with Crippen LogP contribution in [0.5, 0.6) is 5.75 Å². The number of hydrogen-bond donors (Lipinski definition) is 1. The van der Waals surface area contributed by atoms with Crippen molar-refractivity contribution in [3.05, 3.63) is 47.5 Å². The van der Waals surface area contributed by atoms with Crippen LogP contribution in [0.1, 0.15) is 19.3 Å². The van der Waals surface area contributed by atoms with Crippen molar-refractivity contribution in [3.8, 4) is 5.75 Å². The van der Waals surface area contributed by atoms with Crippen molar-refractivity contribution in [3.63, 3.8) is 0 Å². The highest BCUT2D eigenvalue weighted by atomic mass is 35.5. The van der Waals surface area contributed by atoms with Gasteiger partial charge in [-0.25, -0.2) is 16.8 Å². The number of hydrogen-bond acceptors (Lipinski definition) is 6. The molecule has 2 aromatic carbocycles. The molecule has 11 heteroatoms. The lowest BCUT2D eigenvalue weighted by atomic mass is 10.2. The Morgan fingerprint density at radius 3 is 2.29 bits per heavy atom. The van der Waals surface area contributed by atoms with Crippen LogP contribution in [0, 0.1) is 0 Å². The molecule has 0 bridgehead atoms. The molecule has 0 aromatic heterocycles. The molecule has 168 valence electrons. The number of sulfonamides is 1. The normalized spacial score (nSPS) is 15.4. The zero-order valence-electron chi connectivity index (χ0n) is 16.9. The molecule has 0 aliphatic carbocycles. The van der Waals surface area contributed by atoms with Crippen molar-refractivity contribution < 1.29 is 26.4 Å². The third-order valence-corrected chi connectivity index (χ3v) is 8.28. The third kappa shape index (κ3) is 5.97. The number of sulfone groups is 1. The standard InChI is InChI=1S/C20H23ClN2O6S2/c1-30(25,26)17-8-6-16(7-9-17)29-14-20(24)22-15-5-10-18(21)19(13-15)31(27,28)23-11-3-2-4-12-23/h5-10,13H,2-4,11-12,14H2,1H3,(H,22,24). The molecule has 1 amide bonds. The molecule has 3 rings (SSSR count). The zero-order chi connectivity index (χ0) is 22.6. The molecule has 0 atom stereocenters. The first kappa shape index (κ1) is 23.5. The topological polar surface area (TPSA) is 110 Å². The Morgan fingerprint density at radius 1 is 1.03 bits per heavy atom. The Bertz CT molecular complexity index is 1160. The van der Waals surface area contributed by atoms with E-state index in [1.807, 2.05) is 0 Å². The fourth-order valence-corrected chi connectivity index (χ4v) is 5.80. The number of carbonyl (C=O) groups excluding carboxylic acids is 1. The Kier molecular flexibility index (Phi) is 7.25. The summed E-state index contributed by atoms with van der Waals surface area (Å²) in [4.78, 5) is 12.3. The van der Waals surface area contributed by atoms with E-state index in [0.29, 0.717) is 18.8 Å². The van der Waals surface area contributed by atoms with Gasteiger partial charge in [0.1, 0.15) is 10.6 Å². The Morgan fingerprint density at radius 2 is 1.68 bits per heavy atom. The molecule has 1 fully saturated rings. The summed E-state index contributed by atoms with van der Waals surface area (Å²) >= 11 is 6.14. The highest BCUT2D eigenvalue weighted by Gasteiger charge is 2.28. The van der Waals surface area contributed by atoms with E-state index in [2.05, 4.69) is 5.32 Å². The lowest BCUT2D eigenvalue weighted by Crippen LogP contribution is -2.35. The predicted molar refractivity (Wildman–Crippen MR) is 118 cm³/mol. The maximum Gasteiger partial charge on any atom is 0.262 e. The van der Waals surface area contributed by atoms with Gasteiger partial charge in [0, 0.05) is 25.0 Å². The molecule has 2 aromatic rings. The van der Waals surface area contributed by atoms with Gasteiger partial charge in [-0.2, -0.15) is 4.31 Å². The summed E-state index contributed by atoms with van der Waals surface area (Å²) in [6.07, 6.45) is 3.69. The van der Waals surface area contributed by atoms with Crippen LogP contribution in [0.4, 0.5) is 5.69 Å². The van der Waals surface area contributed by atoms with Gasteiger partial charge in [0.25, 0.3) is 5.91 Å². The van der Waals surface area contributed by atoms with Crippen LogP contribution in [0.25, 0.3) is 0 Å². The van der Waals surface area contributed by atoms with E-state index in [-0.39, 0.29) is 27.1 Å². The van der Waals surface area contributed by atoms with Gasteiger partial charge in [-0.05, 0) is 55.3 Å². The minimum Gasteiger partial charge on any atom is -0.484 e. The first-order chi connectivity index (χ1) is 14.6. The highest BCUT2D eigenvalue weighted by molar-refractivity contribution is 7.90. The molecule has 0 spiro atoms. The number of nitrogens with one attached hydrogen (secondary N) is 1. The Balaban J connectivity index is 1.66. The number of benzene rings is 2. The summed E-state index contributed by atoms with van der Waals surface area (Å²) in [5.74, 6) is -0.178. The molecule has 0 saturated carbocycles. The van der Waals surface area contributed by atoms with Gasteiger partial charge in [0.05, 0.1) is 9.92 Å². The second kappa shape index (κ2) is 9.56. The average Bonchev–Trinajstić information content (AvgIpc) is 2.74. The van der Waals surface area contributed by atoms with E-state index >= 15 is 0 Å². The van der Waals surface area contributed by atoms with Gasteiger partial charge in [-0.1, -0.05) is 18.0 Å². The minimum atomic E-state index is -3.75. The smallest absolute Gasteiger partial charge is 0.262 e. The van der Waals surface area contributed by atoms with Gasteiger partial charge in [0.15, 0.2) is 16.4 Å². The first-order valence-corrected chi connectivity index (χ1v) is 13.3. The van der Waals surface area contributed by atoms with Crippen molar-refractivity contribution in [2.75, 3.05) is 31.3 Å². The van der Waals surface area contributed by atoms with Gasteiger partial charge >= 0.3 is 0 Å². The number of carbonyl (C=O) groups is 1. The van der Waals surface area contributed by atoms with Crippen LogP contribution < -0.4 is 10.1 Å². The summed E-state index contributed by atoms with van der Waals surface area (Å²) in [5, 5.41) is 2.68.